The lowest BCUT2D eigenvalue weighted by molar-refractivity contribution is -0.384. The Morgan fingerprint density at radius 3 is 2.81 bits per heavy atom. The molecule has 10 heteroatoms. The summed E-state index contributed by atoms with van der Waals surface area (Å²) in [5.74, 6) is -0.570. The molecule has 1 fully saturated rings. The lowest BCUT2D eigenvalue weighted by Gasteiger charge is -2.36. The molecular weight excluding hydrogens is 402 g/mol. The number of aromatic hydroxyl groups is 1. The maximum atomic E-state index is 11.2. The van der Waals surface area contributed by atoms with Crippen LogP contribution in [0.25, 0.3) is 0 Å². The molecule has 4 rings (SSSR count). The van der Waals surface area contributed by atoms with Crippen molar-refractivity contribution in [1.29, 1.82) is 5.26 Å². The van der Waals surface area contributed by atoms with E-state index in [-0.39, 0.29) is 28.8 Å². The fourth-order valence-electron chi connectivity index (χ4n) is 4.21. The van der Waals surface area contributed by atoms with Gasteiger partial charge < -0.3 is 20.3 Å². The van der Waals surface area contributed by atoms with Crippen LogP contribution in [0.15, 0.2) is 53.9 Å². The normalized spacial score (nSPS) is 24.8. The molecule has 4 unspecified atom stereocenters. The summed E-state index contributed by atoms with van der Waals surface area (Å²) in [6, 6.07) is 12.9. The van der Waals surface area contributed by atoms with Gasteiger partial charge in [0.2, 0.25) is 5.88 Å². The molecule has 0 aromatic heterocycles. The highest BCUT2D eigenvalue weighted by molar-refractivity contribution is 5.49. The number of allylic oxidation sites excluding steroid dienone is 1. The fraction of sp³-hybridized carbons (Fsp3) is 0.286. The first-order chi connectivity index (χ1) is 14.9. The molecule has 0 bridgehead atoms. The SMILES string of the molecule is CCOc1cc(C2C(C#N)=C(N)OC3NNC(c4cccc([N+](=O)[O-])c4)C32)ccc1O. The van der Waals surface area contributed by atoms with Crippen LogP contribution in [0.4, 0.5) is 5.69 Å². The minimum Gasteiger partial charge on any atom is -0.504 e. The van der Waals surface area contributed by atoms with E-state index in [0.29, 0.717) is 23.5 Å². The Bertz CT molecular complexity index is 1100. The topological polar surface area (TPSA) is 156 Å². The number of benzene rings is 2. The number of phenolic OH excluding ortho intramolecular Hbond substituents is 1. The Morgan fingerprint density at radius 1 is 1.29 bits per heavy atom. The van der Waals surface area contributed by atoms with Crippen LogP contribution < -0.4 is 21.3 Å². The first kappa shape index (κ1) is 20.5. The van der Waals surface area contributed by atoms with Gasteiger partial charge >= 0.3 is 0 Å². The molecule has 2 aliphatic rings. The summed E-state index contributed by atoms with van der Waals surface area (Å²) in [5.41, 5.74) is 13.8. The van der Waals surface area contributed by atoms with Crippen LogP contribution in [0.1, 0.15) is 30.0 Å². The minimum atomic E-state index is -0.573. The first-order valence-electron chi connectivity index (χ1n) is 9.72. The standard InChI is InChI=1S/C21H21N5O5/c1-2-30-16-9-11(6-7-15(16)27)17-14(10-22)20(23)31-21-18(17)19(24-25-21)12-4-3-5-13(8-12)26(28)29/h3-9,17-19,21,24-25,27H,2,23H2,1H3. The quantitative estimate of drug-likeness (QED) is 0.418. The van der Waals surface area contributed by atoms with Crippen molar-refractivity contribution in [1.82, 2.24) is 10.9 Å². The maximum absolute atomic E-state index is 11.2. The second kappa shape index (κ2) is 8.14. The molecule has 2 aromatic rings. The average molecular weight is 423 g/mol. The van der Waals surface area contributed by atoms with Crippen molar-refractivity contribution in [2.75, 3.05) is 6.61 Å². The highest BCUT2D eigenvalue weighted by Gasteiger charge is 2.49. The lowest BCUT2D eigenvalue weighted by atomic mass is 9.74. The second-order valence-corrected chi connectivity index (χ2v) is 7.26. The van der Waals surface area contributed by atoms with Gasteiger partial charge in [-0.05, 0) is 30.2 Å². The predicted octanol–water partition coefficient (Wildman–Crippen LogP) is 2.30. The van der Waals surface area contributed by atoms with Gasteiger partial charge in [-0.1, -0.05) is 18.2 Å². The molecule has 0 amide bonds. The largest absolute Gasteiger partial charge is 0.504 e. The third-order valence-electron chi connectivity index (χ3n) is 5.53. The number of nitrogens with one attached hydrogen (secondary N) is 2. The van der Waals surface area contributed by atoms with Crippen LogP contribution in [0, 0.1) is 27.4 Å². The molecule has 2 heterocycles. The molecule has 2 aromatic carbocycles. The van der Waals surface area contributed by atoms with Crippen molar-refractivity contribution < 1.29 is 19.5 Å². The Morgan fingerprint density at radius 2 is 2.10 bits per heavy atom. The van der Waals surface area contributed by atoms with Crippen LogP contribution in [-0.2, 0) is 4.74 Å². The molecule has 0 saturated carbocycles. The maximum Gasteiger partial charge on any atom is 0.269 e. The van der Waals surface area contributed by atoms with E-state index in [1.165, 1.54) is 18.2 Å². The van der Waals surface area contributed by atoms with Gasteiger partial charge in [-0.15, -0.1) is 0 Å². The summed E-state index contributed by atoms with van der Waals surface area (Å²) in [4.78, 5) is 10.8. The summed E-state index contributed by atoms with van der Waals surface area (Å²) in [5, 5.41) is 31.2. The third-order valence-corrected chi connectivity index (χ3v) is 5.53. The number of nitriles is 1. The Kier molecular flexibility index (Phi) is 5.37. The number of phenols is 1. The highest BCUT2D eigenvalue weighted by atomic mass is 16.6. The molecule has 160 valence electrons. The molecule has 31 heavy (non-hydrogen) atoms. The summed E-state index contributed by atoms with van der Waals surface area (Å²) >= 11 is 0. The van der Waals surface area contributed by atoms with E-state index in [1.54, 1.807) is 31.2 Å². The number of non-ortho nitro benzene ring substituents is 1. The Balaban J connectivity index is 1.82. The summed E-state index contributed by atoms with van der Waals surface area (Å²) in [7, 11) is 0. The number of ether oxygens (including phenoxy) is 2. The summed E-state index contributed by atoms with van der Waals surface area (Å²) < 4.78 is 11.3. The number of hydrogen-bond donors (Lipinski definition) is 4. The molecular formula is C21H21N5O5. The Hall–Kier alpha value is -3.81. The van der Waals surface area contributed by atoms with E-state index < -0.39 is 23.1 Å². The number of rotatable bonds is 5. The third kappa shape index (κ3) is 3.61. The fourth-order valence-corrected chi connectivity index (χ4v) is 4.21. The van der Waals surface area contributed by atoms with E-state index in [0.717, 1.165) is 0 Å². The van der Waals surface area contributed by atoms with Crippen molar-refractivity contribution in [3.8, 4) is 17.6 Å². The van der Waals surface area contributed by atoms with Gasteiger partial charge in [0, 0.05) is 24.0 Å². The number of hydrazine groups is 1. The number of fused-ring (bicyclic) bond motifs is 1. The zero-order chi connectivity index (χ0) is 22.1. The van der Waals surface area contributed by atoms with Gasteiger partial charge in [0.05, 0.1) is 23.1 Å². The van der Waals surface area contributed by atoms with Gasteiger partial charge in [-0.3, -0.25) is 10.1 Å². The van der Waals surface area contributed by atoms with Crippen LogP contribution in [0.3, 0.4) is 0 Å². The van der Waals surface area contributed by atoms with Gasteiger partial charge in [0.1, 0.15) is 6.07 Å². The minimum absolute atomic E-state index is 0.00813. The predicted molar refractivity (Wildman–Crippen MR) is 109 cm³/mol. The number of nitrogens with two attached hydrogens (primary N) is 1. The molecule has 2 aliphatic heterocycles. The van der Waals surface area contributed by atoms with Gasteiger partial charge in [0.15, 0.2) is 17.7 Å². The van der Waals surface area contributed by atoms with Crippen LogP contribution in [-0.4, -0.2) is 22.9 Å². The van der Waals surface area contributed by atoms with Crippen molar-refractivity contribution in [2.45, 2.75) is 25.1 Å². The van der Waals surface area contributed by atoms with Crippen molar-refractivity contribution in [3.05, 3.63) is 75.2 Å². The molecule has 4 atom stereocenters. The lowest BCUT2D eigenvalue weighted by Crippen LogP contribution is -2.41. The van der Waals surface area contributed by atoms with Crippen LogP contribution in [0.5, 0.6) is 11.5 Å². The summed E-state index contributed by atoms with van der Waals surface area (Å²) in [6.07, 6.45) is -0.573. The highest BCUT2D eigenvalue weighted by Crippen LogP contribution is 2.48. The number of hydrogen-bond acceptors (Lipinski definition) is 9. The van der Waals surface area contributed by atoms with Crippen molar-refractivity contribution in [3.63, 3.8) is 0 Å². The molecule has 0 radical (unpaired) electrons. The summed E-state index contributed by atoms with van der Waals surface area (Å²) in [6.45, 7) is 2.16. The zero-order valence-corrected chi connectivity index (χ0v) is 16.6. The van der Waals surface area contributed by atoms with E-state index >= 15 is 0 Å². The van der Waals surface area contributed by atoms with E-state index in [4.69, 9.17) is 15.2 Å². The molecule has 0 spiro atoms. The van der Waals surface area contributed by atoms with Crippen molar-refractivity contribution in [2.24, 2.45) is 11.7 Å². The second-order valence-electron chi connectivity index (χ2n) is 7.26. The molecule has 0 aliphatic carbocycles. The van der Waals surface area contributed by atoms with Crippen LogP contribution in [0.2, 0.25) is 0 Å². The van der Waals surface area contributed by atoms with Gasteiger partial charge in [-0.25, -0.2) is 10.9 Å². The monoisotopic (exact) mass is 423 g/mol. The number of nitro benzene ring substituents is 1. The molecule has 1 saturated heterocycles. The van der Waals surface area contributed by atoms with Crippen LogP contribution >= 0.6 is 0 Å². The molecule has 10 nitrogen and oxygen atoms in total. The van der Waals surface area contributed by atoms with Crippen molar-refractivity contribution >= 4 is 5.69 Å². The average Bonchev–Trinajstić information content (AvgIpc) is 3.18. The van der Waals surface area contributed by atoms with E-state index in [9.17, 15) is 20.5 Å². The van der Waals surface area contributed by atoms with E-state index in [1.807, 2.05) is 0 Å². The smallest absolute Gasteiger partial charge is 0.269 e. The van der Waals surface area contributed by atoms with Gasteiger partial charge in [0.25, 0.3) is 5.69 Å². The van der Waals surface area contributed by atoms with E-state index in [2.05, 4.69) is 16.9 Å². The van der Waals surface area contributed by atoms with Gasteiger partial charge in [-0.2, -0.15) is 5.26 Å². The zero-order valence-electron chi connectivity index (χ0n) is 16.6. The number of nitro groups is 1. The first-order valence-corrected chi connectivity index (χ1v) is 9.72. The Labute approximate surface area is 178 Å². The molecule has 5 N–H and O–H groups in total. The number of nitrogens with zero attached hydrogens (tertiary/aromatic N) is 2.